The van der Waals surface area contributed by atoms with E-state index in [1.165, 1.54) is 15.4 Å². The summed E-state index contributed by atoms with van der Waals surface area (Å²) in [6.45, 7) is 9.73. The van der Waals surface area contributed by atoms with Crippen molar-refractivity contribution < 1.29 is 17.7 Å². The van der Waals surface area contributed by atoms with E-state index in [1.54, 1.807) is 13.0 Å². The Morgan fingerprint density at radius 2 is 1.69 bits per heavy atom. The molecule has 2 fully saturated rings. The lowest BCUT2D eigenvalue weighted by molar-refractivity contribution is -0.135. The minimum Gasteiger partial charge on any atom is -0.355 e. The Bertz CT molecular complexity index is 1470. The summed E-state index contributed by atoms with van der Waals surface area (Å²) in [4.78, 5) is 15.5. The fraction of sp³-hybridized carbons (Fsp3) is 0.419. The van der Waals surface area contributed by atoms with Gasteiger partial charge in [-0.25, -0.2) is 8.42 Å². The van der Waals surface area contributed by atoms with Crippen LogP contribution in [0.4, 0.5) is 0 Å². The van der Waals surface area contributed by atoms with Crippen LogP contribution in [0, 0.1) is 33.6 Å². The highest BCUT2D eigenvalue weighted by atomic mass is 32.2. The Hall–Kier alpha value is -3.23. The highest BCUT2D eigenvalue weighted by molar-refractivity contribution is 7.89. The number of hydrogen-bond acceptors (Lipinski definition) is 5. The summed E-state index contributed by atoms with van der Waals surface area (Å²) in [5, 5.41) is 4.00. The van der Waals surface area contributed by atoms with Gasteiger partial charge in [-0.2, -0.15) is 4.31 Å². The van der Waals surface area contributed by atoms with Crippen LogP contribution in [0.2, 0.25) is 0 Å². The first-order valence-corrected chi connectivity index (χ1v) is 15.1. The van der Waals surface area contributed by atoms with Crippen molar-refractivity contribution in [3.8, 4) is 0 Å². The molecule has 39 heavy (non-hydrogen) atoms. The van der Waals surface area contributed by atoms with Crippen LogP contribution in [0.15, 0.2) is 51.9 Å². The third kappa shape index (κ3) is 5.58. The van der Waals surface area contributed by atoms with Crippen molar-refractivity contribution in [3.05, 3.63) is 81.7 Å². The number of sulfonamides is 1. The molecular formula is C31H37N3O4S. The summed E-state index contributed by atoms with van der Waals surface area (Å²) < 4.78 is 34.7. The molecule has 2 saturated heterocycles. The lowest BCUT2D eigenvalue weighted by Gasteiger charge is -2.33. The molecule has 5 rings (SSSR count). The normalized spacial score (nSPS) is 20.7. The average Bonchev–Trinajstić information content (AvgIpc) is 3.56. The van der Waals surface area contributed by atoms with E-state index in [1.807, 2.05) is 43.0 Å². The van der Waals surface area contributed by atoms with Gasteiger partial charge in [-0.3, -0.25) is 4.79 Å². The van der Waals surface area contributed by atoms with Gasteiger partial charge in [0.25, 0.3) is 0 Å². The fourth-order valence-electron chi connectivity index (χ4n) is 6.12. The summed E-state index contributed by atoms with van der Waals surface area (Å²) in [7, 11) is -3.90. The summed E-state index contributed by atoms with van der Waals surface area (Å²) in [5.74, 6) is 0.250. The first kappa shape index (κ1) is 27.3. The summed E-state index contributed by atoms with van der Waals surface area (Å²) >= 11 is 0. The first-order chi connectivity index (χ1) is 18.6. The second-order valence-corrected chi connectivity index (χ2v) is 12.9. The number of aromatic nitrogens is 1. The van der Waals surface area contributed by atoms with Gasteiger partial charge in [0.05, 0.1) is 5.92 Å². The molecule has 2 atom stereocenters. The van der Waals surface area contributed by atoms with Gasteiger partial charge in [-0.05, 0) is 75.3 Å². The van der Waals surface area contributed by atoms with Crippen LogP contribution in [0.1, 0.15) is 64.5 Å². The maximum Gasteiger partial charge on any atom is 0.248 e. The Labute approximate surface area is 231 Å². The van der Waals surface area contributed by atoms with Gasteiger partial charge in [0.15, 0.2) is 10.7 Å². The lowest BCUT2D eigenvalue weighted by Crippen LogP contribution is -2.46. The van der Waals surface area contributed by atoms with E-state index >= 15 is 0 Å². The largest absolute Gasteiger partial charge is 0.355 e. The molecule has 0 radical (unpaired) electrons. The zero-order chi connectivity index (χ0) is 27.7. The minimum atomic E-state index is -3.90. The van der Waals surface area contributed by atoms with Gasteiger partial charge < -0.3 is 9.42 Å². The highest BCUT2D eigenvalue weighted by Crippen LogP contribution is 2.33. The molecule has 0 N–H and O–H groups in total. The molecule has 2 aliphatic rings. The van der Waals surface area contributed by atoms with Crippen LogP contribution in [-0.2, 0) is 14.8 Å². The molecule has 0 unspecified atom stereocenters. The minimum absolute atomic E-state index is 0.0563. The number of carbonyl (C=O) groups is 1. The van der Waals surface area contributed by atoms with Crippen LogP contribution >= 0.6 is 0 Å². The molecule has 2 aromatic carbocycles. The second kappa shape index (κ2) is 11.1. The maximum atomic E-state index is 13.9. The number of carbonyl (C=O) groups excluding carboxylic acids is 1. The standard InChI is InChI=1S/C31H37N3O4S/c1-21-17-22(2)28(23(3)18-21)12-13-29-30(24(4)32-38-29)39(36,37)34-15-8-11-27(20-34)31(35)33-16-14-26(19-33)25-9-6-5-7-10-25/h5-7,9-10,12-13,17-18,26-27H,8,11,14-16,19-20H2,1-4H3/b13-12+/t26-,27-/m0/s1. The van der Waals surface area contributed by atoms with Gasteiger partial charge in [-0.15, -0.1) is 0 Å². The molecule has 0 spiro atoms. The molecule has 3 heterocycles. The maximum absolute atomic E-state index is 13.9. The number of hydrogen-bond donors (Lipinski definition) is 0. The zero-order valence-corrected chi connectivity index (χ0v) is 24.0. The number of rotatable bonds is 6. The van der Waals surface area contributed by atoms with Crippen molar-refractivity contribution in [2.45, 2.75) is 57.8 Å². The van der Waals surface area contributed by atoms with E-state index in [4.69, 9.17) is 4.52 Å². The van der Waals surface area contributed by atoms with Crippen molar-refractivity contribution in [2.75, 3.05) is 26.2 Å². The van der Waals surface area contributed by atoms with E-state index in [0.717, 1.165) is 23.1 Å². The molecule has 0 aliphatic carbocycles. The van der Waals surface area contributed by atoms with Gasteiger partial charge in [0, 0.05) is 32.1 Å². The van der Waals surface area contributed by atoms with Crippen molar-refractivity contribution in [2.24, 2.45) is 5.92 Å². The van der Waals surface area contributed by atoms with Crippen molar-refractivity contribution >= 4 is 28.1 Å². The first-order valence-electron chi connectivity index (χ1n) is 13.7. The topological polar surface area (TPSA) is 83.7 Å². The van der Waals surface area contributed by atoms with Crippen LogP contribution in [0.3, 0.4) is 0 Å². The number of aryl methyl sites for hydroxylation is 4. The van der Waals surface area contributed by atoms with Crippen LogP contribution < -0.4 is 0 Å². The lowest BCUT2D eigenvalue weighted by atomic mass is 9.97. The quantitative estimate of drug-likeness (QED) is 0.407. The number of benzene rings is 2. The average molecular weight is 548 g/mol. The number of amides is 1. The molecule has 1 aromatic heterocycles. The van der Waals surface area contributed by atoms with Crippen LogP contribution in [-0.4, -0.2) is 54.9 Å². The highest BCUT2D eigenvalue weighted by Gasteiger charge is 2.39. The number of piperidine rings is 1. The molecule has 0 saturated carbocycles. The van der Waals surface area contributed by atoms with E-state index in [0.29, 0.717) is 44.1 Å². The Morgan fingerprint density at radius 1 is 0.974 bits per heavy atom. The number of likely N-dealkylation sites (tertiary alicyclic amines) is 1. The molecule has 1 amide bonds. The van der Waals surface area contributed by atoms with E-state index in [2.05, 4.69) is 36.3 Å². The Morgan fingerprint density at radius 3 is 2.41 bits per heavy atom. The van der Waals surface area contributed by atoms with E-state index < -0.39 is 10.0 Å². The zero-order valence-electron chi connectivity index (χ0n) is 23.2. The summed E-state index contributed by atoms with van der Waals surface area (Å²) in [6.07, 6.45) is 5.85. The van der Waals surface area contributed by atoms with Gasteiger partial charge >= 0.3 is 0 Å². The third-order valence-electron chi connectivity index (χ3n) is 8.07. The van der Waals surface area contributed by atoms with Gasteiger partial charge in [-0.1, -0.05) is 59.3 Å². The monoisotopic (exact) mass is 547 g/mol. The third-order valence-corrected chi connectivity index (χ3v) is 10.1. The van der Waals surface area contributed by atoms with E-state index in [9.17, 15) is 13.2 Å². The molecule has 0 bridgehead atoms. The SMILES string of the molecule is Cc1cc(C)c(/C=C/c2onc(C)c2S(=O)(=O)N2CCC[C@H](C(=O)N3CC[C@H](c4ccccc4)C3)C2)c(C)c1. The molecule has 8 heteroatoms. The molecule has 7 nitrogen and oxygen atoms in total. The Kier molecular flexibility index (Phi) is 7.78. The summed E-state index contributed by atoms with van der Waals surface area (Å²) in [6, 6.07) is 14.5. The van der Waals surface area contributed by atoms with Crippen LogP contribution in [0.5, 0.6) is 0 Å². The van der Waals surface area contributed by atoms with Crippen molar-refractivity contribution in [1.82, 2.24) is 14.4 Å². The smallest absolute Gasteiger partial charge is 0.248 e. The molecule has 206 valence electrons. The predicted octanol–water partition coefficient (Wildman–Crippen LogP) is 5.50. The molecule has 2 aliphatic heterocycles. The molecular weight excluding hydrogens is 510 g/mol. The predicted molar refractivity (Wildman–Crippen MR) is 153 cm³/mol. The van der Waals surface area contributed by atoms with Crippen molar-refractivity contribution in [1.29, 1.82) is 0 Å². The molecule has 3 aromatic rings. The van der Waals surface area contributed by atoms with Gasteiger partial charge in [0.1, 0.15) is 5.69 Å². The van der Waals surface area contributed by atoms with Crippen LogP contribution in [0.25, 0.3) is 12.2 Å². The van der Waals surface area contributed by atoms with Gasteiger partial charge in [0.2, 0.25) is 15.9 Å². The van der Waals surface area contributed by atoms with Crippen molar-refractivity contribution in [3.63, 3.8) is 0 Å². The van der Waals surface area contributed by atoms with E-state index in [-0.39, 0.29) is 29.0 Å². The fourth-order valence-corrected chi connectivity index (χ4v) is 7.89. The second-order valence-electron chi connectivity index (χ2n) is 11.0. The Balaban J connectivity index is 1.33. The summed E-state index contributed by atoms with van der Waals surface area (Å²) in [5.41, 5.74) is 6.00. The number of nitrogens with zero attached hydrogens (tertiary/aromatic N) is 3.